The van der Waals surface area contributed by atoms with Crippen molar-refractivity contribution in [3.05, 3.63) is 22.4 Å². The molecular weight excluding hydrogens is 356 g/mol. The highest BCUT2D eigenvalue weighted by Gasteiger charge is 2.31. The number of piperazine rings is 1. The van der Waals surface area contributed by atoms with Crippen LogP contribution in [0.4, 0.5) is 0 Å². The maximum absolute atomic E-state index is 4.46. The topological polar surface area (TPSA) is 46.1 Å². The van der Waals surface area contributed by atoms with Crippen LogP contribution in [0.5, 0.6) is 0 Å². The first-order valence-corrected chi connectivity index (χ1v) is 11.0. The number of hydrogen-bond acceptors (Lipinski definition) is 5. The Morgan fingerprint density at radius 1 is 1.15 bits per heavy atom. The Morgan fingerprint density at radius 3 is 2.70 bits per heavy atom. The molecule has 3 rings (SSSR count). The molecule has 3 heterocycles. The Bertz CT molecular complexity index is 589. The lowest BCUT2D eigenvalue weighted by Crippen LogP contribution is -2.55. The SMILES string of the molecule is CN=C(NCC1CCCN(C)C1c1cccs1)NCC1CN(C)CCN1C. The minimum atomic E-state index is 0.516. The molecule has 0 aliphatic carbocycles. The summed E-state index contributed by atoms with van der Waals surface area (Å²) in [6, 6.07) is 5.50. The zero-order valence-electron chi connectivity index (χ0n) is 17.3. The van der Waals surface area contributed by atoms with Crippen LogP contribution < -0.4 is 10.6 Å². The largest absolute Gasteiger partial charge is 0.356 e. The van der Waals surface area contributed by atoms with Gasteiger partial charge in [0.15, 0.2) is 5.96 Å². The summed E-state index contributed by atoms with van der Waals surface area (Å²) >= 11 is 1.88. The Hall–Kier alpha value is -1.15. The van der Waals surface area contributed by atoms with Crippen LogP contribution >= 0.6 is 11.3 Å². The van der Waals surface area contributed by atoms with E-state index in [9.17, 15) is 0 Å². The van der Waals surface area contributed by atoms with Crippen molar-refractivity contribution in [3.8, 4) is 0 Å². The minimum absolute atomic E-state index is 0.516. The number of likely N-dealkylation sites (N-methyl/N-ethyl adjacent to an activating group) is 2. The van der Waals surface area contributed by atoms with E-state index >= 15 is 0 Å². The van der Waals surface area contributed by atoms with Crippen LogP contribution in [0.3, 0.4) is 0 Å². The quantitative estimate of drug-likeness (QED) is 0.588. The molecule has 6 nitrogen and oxygen atoms in total. The third-order valence-corrected chi connectivity index (χ3v) is 7.03. The van der Waals surface area contributed by atoms with E-state index in [0.29, 0.717) is 18.0 Å². The molecule has 2 fully saturated rings. The van der Waals surface area contributed by atoms with Gasteiger partial charge in [0.05, 0.1) is 0 Å². The Balaban J connectivity index is 1.52. The number of nitrogens with one attached hydrogen (secondary N) is 2. The highest BCUT2D eigenvalue weighted by molar-refractivity contribution is 7.10. The molecule has 0 bridgehead atoms. The first-order chi connectivity index (χ1) is 13.1. The summed E-state index contributed by atoms with van der Waals surface area (Å²) < 4.78 is 0. The molecule has 27 heavy (non-hydrogen) atoms. The number of guanidine groups is 1. The lowest BCUT2D eigenvalue weighted by molar-refractivity contribution is 0.116. The molecule has 0 radical (unpaired) electrons. The Labute approximate surface area is 168 Å². The lowest BCUT2D eigenvalue weighted by Gasteiger charge is -2.39. The average Bonchev–Trinajstić information content (AvgIpc) is 3.18. The van der Waals surface area contributed by atoms with E-state index in [2.05, 4.69) is 69.0 Å². The summed E-state index contributed by atoms with van der Waals surface area (Å²) in [5.74, 6) is 1.54. The molecule has 3 unspecified atom stereocenters. The summed E-state index contributed by atoms with van der Waals surface area (Å²) in [5, 5.41) is 9.35. The van der Waals surface area contributed by atoms with Crippen LogP contribution in [0, 0.1) is 5.92 Å². The van der Waals surface area contributed by atoms with Gasteiger partial charge in [0, 0.05) is 56.7 Å². The second-order valence-corrected chi connectivity index (χ2v) is 9.05. The van der Waals surface area contributed by atoms with Gasteiger partial charge >= 0.3 is 0 Å². The fourth-order valence-electron chi connectivity index (χ4n) is 4.37. The van der Waals surface area contributed by atoms with Crippen LogP contribution in [0.25, 0.3) is 0 Å². The maximum atomic E-state index is 4.46. The molecule has 2 aliphatic rings. The van der Waals surface area contributed by atoms with Crippen LogP contribution in [0.1, 0.15) is 23.8 Å². The monoisotopic (exact) mass is 392 g/mol. The number of likely N-dealkylation sites (tertiary alicyclic amines) is 1. The van der Waals surface area contributed by atoms with Crippen LogP contribution in [-0.2, 0) is 0 Å². The van der Waals surface area contributed by atoms with Crippen LogP contribution in [0.15, 0.2) is 22.5 Å². The average molecular weight is 393 g/mol. The molecule has 7 heteroatoms. The standard InChI is InChI=1S/C20H36N6S/c1-21-20(23-14-17-15-24(2)10-11-25(17)3)22-13-16-7-5-9-26(4)19(16)18-8-6-12-27-18/h6,8,12,16-17,19H,5,7,9-11,13-15H2,1-4H3,(H2,21,22,23). The normalized spacial score (nSPS) is 29.0. The molecule has 0 saturated carbocycles. The van der Waals surface area contributed by atoms with Gasteiger partial charge in [-0.3, -0.25) is 14.8 Å². The molecule has 1 aromatic rings. The number of hydrogen-bond donors (Lipinski definition) is 2. The predicted octanol–water partition coefficient (Wildman–Crippen LogP) is 1.54. The number of nitrogens with zero attached hydrogens (tertiary/aromatic N) is 4. The van der Waals surface area contributed by atoms with Crippen molar-refractivity contribution in [2.24, 2.45) is 10.9 Å². The van der Waals surface area contributed by atoms with E-state index in [1.807, 2.05) is 18.4 Å². The van der Waals surface area contributed by atoms with E-state index in [1.165, 1.54) is 24.3 Å². The van der Waals surface area contributed by atoms with E-state index in [0.717, 1.165) is 38.7 Å². The molecule has 0 amide bonds. The third kappa shape index (κ3) is 5.44. The maximum Gasteiger partial charge on any atom is 0.191 e. The van der Waals surface area contributed by atoms with Crippen molar-refractivity contribution in [3.63, 3.8) is 0 Å². The smallest absolute Gasteiger partial charge is 0.191 e. The number of piperidine rings is 1. The first-order valence-electron chi connectivity index (χ1n) is 10.2. The van der Waals surface area contributed by atoms with Crippen LogP contribution in [-0.4, -0.2) is 94.2 Å². The van der Waals surface area contributed by atoms with E-state index in [4.69, 9.17) is 0 Å². The molecule has 1 aromatic heterocycles. The van der Waals surface area contributed by atoms with Gasteiger partial charge in [-0.15, -0.1) is 11.3 Å². The molecule has 2 saturated heterocycles. The third-order valence-electron chi connectivity index (χ3n) is 6.08. The van der Waals surface area contributed by atoms with Crippen LogP contribution in [0.2, 0.25) is 0 Å². The van der Waals surface area contributed by atoms with E-state index in [1.54, 1.807) is 0 Å². The predicted molar refractivity (Wildman–Crippen MR) is 116 cm³/mol. The highest BCUT2D eigenvalue weighted by Crippen LogP contribution is 2.36. The van der Waals surface area contributed by atoms with Gasteiger partial charge in [0.1, 0.15) is 0 Å². The first kappa shape index (κ1) is 20.6. The second-order valence-electron chi connectivity index (χ2n) is 8.07. The summed E-state index contributed by atoms with van der Waals surface area (Å²) in [4.78, 5) is 13.3. The molecular formula is C20H36N6S. The van der Waals surface area contributed by atoms with Crippen molar-refractivity contribution in [2.75, 3.05) is 67.5 Å². The molecule has 152 valence electrons. The summed E-state index contributed by atoms with van der Waals surface area (Å²) in [7, 11) is 8.56. The van der Waals surface area contributed by atoms with Gasteiger partial charge in [-0.25, -0.2) is 0 Å². The Morgan fingerprint density at radius 2 is 1.96 bits per heavy atom. The summed E-state index contributed by atoms with van der Waals surface area (Å²) in [6.45, 7) is 6.47. The van der Waals surface area contributed by atoms with Gasteiger partial charge in [-0.2, -0.15) is 0 Å². The van der Waals surface area contributed by atoms with E-state index < -0.39 is 0 Å². The van der Waals surface area contributed by atoms with Crippen molar-refractivity contribution in [1.29, 1.82) is 0 Å². The fraction of sp³-hybridized carbons (Fsp3) is 0.750. The van der Waals surface area contributed by atoms with Crippen molar-refractivity contribution in [2.45, 2.75) is 24.9 Å². The van der Waals surface area contributed by atoms with E-state index in [-0.39, 0.29) is 0 Å². The molecule has 2 N–H and O–H groups in total. The van der Waals surface area contributed by atoms with Gasteiger partial charge in [-0.05, 0) is 57.9 Å². The van der Waals surface area contributed by atoms with Crippen molar-refractivity contribution in [1.82, 2.24) is 25.3 Å². The zero-order chi connectivity index (χ0) is 19.2. The molecule has 2 aliphatic heterocycles. The van der Waals surface area contributed by atoms with Crippen molar-refractivity contribution < 1.29 is 0 Å². The minimum Gasteiger partial charge on any atom is -0.356 e. The molecule has 0 spiro atoms. The number of rotatable bonds is 5. The Kier molecular flexibility index (Phi) is 7.52. The summed E-state index contributed by atoms with van der Waals surface area (Å²) in [6.07, 6.45) is 2.54. The number of aliphatic imine (C=N–C) groups is 1. The molecule has 0 aromatic carbocycles. The lowest BCUT2D eigenvalue weighted by atomic mass is 9.88. The highest BCUT2D eigenvalue weighted by atomic mass is 32.1. The van der Waals surface area contributed by atoms with Gasteiger partial charge in [-0.1, -0.05) is 6.07 Å². The van der Waals surface area contributed by atoms with Gasteiger partial charge in [0.25, 0.3) is 0 Å². The van der Waals surface area contributed by atoms with Gasteiger partial charge in [0.2, 0.25) is 0 Å². The second kappa shape index (κ2) is 9.87. The molecule has 3 atom stereocenters. The fourth-order valence-corrected chi connectivity index (χ4v) is 5.35. The zero-order valence-corrected chi connectivity index (χ0v) is 18.1. The van der Waals surface area contributed by atoms with Crippen molar-refractivity contribution >= 4 is 17.3 Å². The summed E-state index contributed by atoms with van der Waals surface area (Å²) in [5.41, 5.74) is 0. The number of thiophene rings is 1. The van der Waals surface area contributed by atoms with Gasteiger partial charge < -0.3 is 15.5 Å².